The lowest BCUT2D eigenvalue weighted by molar-refractivity contribution is 0.668. The zero-order valence-electron chi connectivity index (χ0n) is 80.1. The van der Waals surface area contributed by atoms with Gasteiger partial charge in [-0.2, -0.15) is 29.9 Å². The van der Waals surface area contributed by atoms with Gasteiger partial charge in [0, 0.05) is 120 Å². The van der Waals surface area contributed by atoms with Gasteiger partial charge in [-0.1, -0.05) is 382 Å². The molecule has 0 radical (unpaired) electrons. The first-order valence-electron chi connectivity index (χ1n) is 50.4. The molecule has 33 rings (SSSR count). The zero-order valence-corrected chi connectivity index (χ0v) is 80.1. The van der Waals surface area contributed by atoms with Gasteiger partial charge in [0.15, 0.2) is 34.9 Å². The van der Waals surface area contributed by atoms with Gasteiger partial charge in [0.25, 0.3) is 0 Å². The summed E-state index contributed by atoms with van der Waals surface area (Å²) >= 11 is 0. The number of aromatic nitrogens is 12. The molecule has 0 amide bonds. The number of furan rings is 3. The molecule has 150 heavy (non-hydrogen) atoms. The Morgan fingerprint density at radius 1 is 0.133 bits per heavy atom. The third-order valence-corrected chi connectivity index (χ3v) is 30.0. The lowest BCUT2D eigenvalue weighted by Crippen LogP contribution is -2.07. The van der Waals surface area contributed by atoms with Gasteiger partial charge in [0.2, 0.25) is 17.8 Å². The number of hydrogen-bond donors (Lipinski definition) is 0. The first-order chi connectivity index (χ1) is 74.4. The van der Waals surface area contributed by atoms with Crippen LogP contribution < -0.4 is 0 Å². The highest BCUT2D eigenvalue weighted by Crippen LogP contribution is 2.51. The maximum atomic E-state index is 6.18. The van der Waals surface area contributed by atoms with E-state index in [9.17, 15) is 0 Å². The van der Waals surface area contributed by atoms with Crippen LogP contribution in [0.1, 0.15) is 0 Å². The molecule has 0 bridgehead atoms. The van der Waals surface area contributed by atoms with Gasteiger partial charge in [-0.05, 0) is 166 Å². The second kappa shape index (κ2) is 33.5. The Morgan fingerprint density at radius 2 is 0.413 bits per heavy atom. The van der Waals surface area contributed by atoms with Gasteiger partial charge in [-0.15, -0.1) is 0 Å². The van der Waals surface area contributed by atoms with Gasteiger partial charge in [-0.25, -0.2) is 15.0 Å². The fraction of sp³-hybridized carbons (Fsp3) is 0. The summed E-state index contributed by atoms with van der Waals surface area (Å²) in [5.41, 5.74) is 17.0. The first-order valence-corrected chi connectivity index (χ1v) is 50.4. The summed E-state index contributed by atoms with van der Waals surface area (Å²) in [4.78, 5) is 47.2. The molecule has 696 valence electrons. The largest absolute Gasteiger partial charge is 0.456 e. The van der Waals surface area contributed by atoms with Crippen molar-refractivity contribution in [3.8, 4) is 86.2 Å². The highest BCUT2D eigenvalue weighted by molar-refractivity contribution is 6.38. The summed E-state index contributed by atoms with van der Waals surface area (Å²) < 4.78 is 25.3. The summed E-state index contributed by atoms with van der Waals surface area (Å²) in [7, 11) is 0. The van der Waals surface area contributed by atoms with Crippen LogP contribution in [0.3, 0.4) is 0 Å². The van der Waals surface area contributed by atoms with E-state index >= 15 is 0 Å². The fourth-order valence-electron chi connectivity index (χ4n) is 23.4. The molecule has 0 aliphatic rings. The van der Waals surface area contributed by atoms with Crippen LogP contribution in [0, 0.1) is 0 Å². The Bertz CT molecular complexity index is 11200. The Hall–Kier alpha value is -20.6. The van der Waals surface area contributed by atoms with Crippen LogP contribution in [0.4, 0.5) is 0 Å². The molecule has 15 nitrogen and oxygen atoms in total. The number of fused-ring (bicyclic) bond motifs is 38. The Labute approximate surface area is 853 Å². The van der Waals surface area contributed by atoms with Crippen molar-refractivity contribution >= 4 is 228 Å². The molecule has 0 aliphatic heterocycles. The van der Waals surface area contributed by atoms with E-state index in [0.29, 0.717) is 52.8 Å². The van der Waals surface area contributed by atoms with Crippen LogP contribution in [0.5, 0.6) is 0 Å². The van der Waals surface area contributed by atoms with E-state index in [1.807, 2.05) is 146 Å². The number of rotatable bonds is 9. The number of hydrogen-bond acceptors (Lipinski definition) is 12. The highest BCUT2D eigenvalue weighted by Gasteiger charge is 2.30. The normalized spacial score (nSPS) is 12.0. The van der Waals surface area contributed by atoms with E-state index in [2.05, 4.69) is 341 Å². The van der Waals surface area contributed by atoms with Crippen LogP contribution in [-0.4, -0.2) is 58.6 Å². The molecule has 9 aromatic heterocycles. The quantitative estimate of drug-likeness (QED) is 0.126. The molecule has 0 saturated heterocycles. The standard InChI is InChI=1S/3C45H26N4O/c1-2-13-28(14-3-1)43-46-44(29-23-25-39-36(26-29)33-18-10-11-21-38(33)50-39)48-45(47-43)49-37-24-22-27-12-4-5-15-30(27)40(37)41-34-19-8-6-16-31(34)32-17-7-9-20-35(32)42(41)49;1-2-13-28(14-3-1)43-46-44(29-23-25-39-37(26-29)33-18-10-11-21-38(33)50-39)48-45(47-43)49-41-30-15-5-4-12-27(30)22-24-36(41)40-34-19-8-6-16-31(34)32-17-7-9-20-35(32)42(40)49;1-2-12-27(13-3-1)43-46-44(30-22-23-40-36(25-30)33-18-10-11-21-39(33)50-40)48-45(47-43)49-38-26-29-15-5-4-14-28(29)24-37(38)41-34-19-8-6-16-31(34)32-17-7-9-20-35(32)42(41)49/h3*1-26H. The Kier molecular flexibility index (Phi) is 18.8. The monoisotopic (exact) mass is 1910 g/mol. The number of para-hydroxylation sites is 3. The van der Waals surface area contributed by atoms with Crippen LogP contribution in [0.25, 0.3) is 314 Å². The zero-order chi connectivity index (χ0) is 98.3. The maximum Gasteiger partial charge on any atom is 0.238 e. The van der Waals surface area contributed by atoms with Crippen molar-refractivity contribution in [3.05, 3.63) is 473 Å². The van der Waals surface area contributed by atoms with Crippen molar-refractivity contribution in [3.63, 3.8) is 0 Å². The molecule has 0 spiro atoms. The summed E-state index contributed by atoms with van der Waals surface area (Å²) in [5.74, 6) is 5.35. The molecule has 33 aromatic rings. The summed E-state index contributed by atoms with van der Waals surface area (Å²) in [6, 6.07) is 165. The van der Waals surface area contributed by atoms with E-state index in [0.717, 1.165) is 175 Å². The minimum Gasteiger partial charge on any atom is -0.456 e. The van der Waals surface area contributed by atoms with Crippen LogP contribution in [0.2, 0.25) is 0 Å². The summed E-state index contributed by atoms with van der Waals surface area (Å²) in [6.07, 6.45) is 0. The molecule has 9 heterocycles. The predicted octanol–water partition coefficient (Wildman–Crippen LogP) is 35.0. The second-order valence-electron chi connectivity index (χ2n) is 38.4. The molecule has 0 atom stereocenters. The van der Waals surface area contributed by atoms with E-state index in [-0.39, 0.29) is 0 Å². The van der Waals surface area contributed by atoms with Gasteiger partial charge in [-0.3, -0.25) is 13.7 Å². The molecule has 0 saturated carbocycles. The molecule has 0 unspecified atom stereocenters. The second-order valence-corrected chi connectivity index (χ2v) is 38.4. The summed E-state index contributed by atoms with van der Waals surface area (Å²) in [6.45, 7) is 0. The van der Waals surface area contributed by atoms with Gasteiger partial charge < -0.3 is 13.3 Å². The third kappa shape index (κ3) is 13.2. The van der Waals surface area contributed by atoms with E-state index in [4.69, 9.17) is 58.1 Å². The smallest absolute Gasteiger partial charge is 0.238 e. The van der Waals surface area contributed by atoms with Crippen molar-refractivity contribution in [1.29, 1.82) is 0 Å². The Morgan fingerprint density at radius 3 is 0.833 bits per heavy atom. The number of benzene rings is 24. The maximum absolute atomic E-state index is 6.18. The SMILES string of the molecule is c1ccc(-c2nc(-c3ccc4oc5ccccc5c4c3)nc(-n3c4c5ccccc5ccc4c4c5ccccc5c5ccccc5c43)n2)cc1.c1ccc(-c2nc(-c3ccc4oc5ccccc5c4c3)nc(-n3c4cc5ccccc5cc4c4c5ccccc5c5ccccc5c43)n2)cc1.c1ccc(-c2nc(-c3ccc4oc5ccccc5c4c3)nc(-n3c4ccc5ccccc5c4c4c5ccccc5c5ccccc5c43)n2)cc1. The van der Waals surface area contributed by atoms with Crippen molar-refractivity contribution < 1.29 is 13.3 Å². The Balaban J connectivity index is 0.000000101. The van der Waals surface area contributed by atoms with Gasteiger partial charge in [0.05, 0.1) is 33.1 Å². The lowest BCUT2D eigenvalue weighted by atomic mass is 9.95. The minimum absolute atomic E-state index is 0.571. The average Bonchev–Trinajstić information content (AvgIpc) is 1.56. The topological polar surface area (TPSA) is 170 Å². The minimum atomic E-state index is 0.571. The van der Waals surface area contributed by atoms with Crippen molar-refractivity contribution in [2.75, 3.05) is 0 Å². The van der Waals surface area contributed by atoms with Crippen molar-refractivity contribution in [2.24, 2.45) is 0 Å². The van der Waals surface area contributed by atoms with E-state index < -0.39 is 0 Å². The highest BCUT2D eigenvalue weighted by atomic mass is 16.3. The molecule has 15 heteroatoms. The lowest BCUT2D eigenvalue weighted by Gasteiger charge is -2.13. The fourth-order valence-corrected chi connectivity index (χ4v) is 23.4. The average molecular weight is 1920 g/mol. The third-order valence-electron chi connectivity index (χ3n) is 30.0. The summed E-state index contributed by atoms with van der Waals surface area (Å²) in [5, 5.41) is 34.7. The molecule has 0 aliphatic carbocycles. The molecular weight excluding hydrogens is 1840 g/mol. The van der Waals surface area contributed by atoms with E-state index in [1.165, 1.54) is 86.2 Å². The van der Waals surface area contributed by atoms with Gasteiger partial charge in [0.1, 0.15) is 33.5 Å². The molecule has 0 N–H and O–H groups in total. The first kappa shape index (κ1) is 84.0. The number of nitrogens with zero attached hydrogens (tertiary/aromatic N) is 12. The van der Waals surface area contributed by atoms with Crippen LogP contribution in [-0.2, 0) is 0 Å². The van der Waals surface area contributed by atoms with Gasteiger partial charge >= 0.3 is 0 Å². The molecular formula is C135H78N12O3. The van der Waals surface area contributed by atoms with Crippen molar-refractivity contribution in [2.45, 2.75) is 0 Å². The van der Waals surface area contributed by atoms with Crippen LogP contribution in [0.15, 0.2) is 486 Å². The van der Waals surface area contributed by atoms with Crippen molar-refractivity contribution in [1.82, 2.24) is 58.6 Å². The predicted molar refractivity (Wildman–Crippen MR) is 615 cm³/mol. The van der Waals surface area contributed by atoms with Crippen LogP contribution >= 0.6 is 0 Å². The van der Waals surface area contributed by atoms with E-state index in [1.54, 1.807) is 0 Å². The molecule has 0 fully saturated rings. The molecule has 24 aromatic carbocycles.